The Morgan fingerprint density at radius 2 is 2.10 bits per heavy atom. The molecule has 1 aromatic rings. The predicted molar refractivity (Wildman–Crippen MR) is 76.8 cm³/mol. The molecule has 0 bridgehead atoms. The van der Waals surface area contributed by atoms with Gasteiger partial charge in [0.05, 0.1) is 0 Å². The van der Waals surface area contributed by atoms with E-state index >= 15 is 0 Å². The SMILES string of the molecule is O=C(O)CCCCNC(=O)CC1CNc2ccccc21. The van der Waals surface area contributed by atoms with Crippen molar-refractivity contribution in [3.8, 4) is 0 Å². The maximum atomic E-state index is 11.9. The third-order valence-corrected chi connectivity index (χ3v) is 3.51. The van der Waals surface area contributed by atoms with Gasteiger partial charge >= 0.3 is 5.97 Å². The molecule has 0 saturated heterocycles. The average Bonchev–Trinajstić information content (AvgIpc) is 2.81. The molecule has 1 unspecified atom stereocenters. The van der Waals surface area contributed by atoms with Crippen LogP contribution in [0.2, 0.25) is 0 Å². The van der Waals surface area contributed by atoms with E-state index in [0.29, 0.717) is 25.8 Å². The molecule has 0 aromatic heterocycles. The smallest absolute Gasteiger partial charge is 0.303 e. The number of nitrogens with one attached hydrogen (secondary N) is 2. The van der Waals surface area contributed by atoms with Gasteiger partial charge in [-0.15, -0.1) is 0 Å². The highest BCUT2D eigenvalue weighted by atomic mass is 16.4. The molecule has 0 radical (unpaired) electrons. The zero-order valence-electron chi connectivity index (χ0n) is 11.4. The molecule has 0 spiro atoms. The van der Waals surface area contributed by atoms with Crippen LogP contribution in [0, 0.1) is 0 Å². The molecule has 3 N–H and O–H groups in total. The summed E-state index contributed by atoms with van der Waals surface area (Å²) >= 11 is 0. The topological polar surface area (TPSA) is 78.4 Å². The minimum absolute atomic E-state index is 0.0313. The summed E-state index contributed by atoms with van der Waals surface area (Å²) in [6.45, 7) is 1.35. The summed E-state index contributed by atoms with van der Waals surface area (Å²) in [5.41, 5.74) is 2.32. The van der Waals surface area contributed by atoms with E-state index in [1.807, 2.05) is 18.2 Å². The van der Waals surface area contributed by atoms with E-state index in [4.69, 9.17) is 5.11 Å². The number of unbranched alkanes of at least 4 members (excludes halogenated alkanes) is 1. The molecular weight excluding hydrogens is 256 g/mol. The highest BCUT2D eigenvalue weighted by Gasteiger charge is 2.23. The molecule has 5 nitrogen and oxygen atoms in total. The molecule has 2 rings (SSSR count). The fourth-order valence-corrected chi connectivity index (χ4v) is 2.46. The molecule has 20 heavy (non-hydrogen) atoms. The largest absolute Gasteiger partial charge is 0.481 e. The summed E-state index contributed by atoms with van der Waals surface area (Å²) < 4.78 is 0. The van der Waals surface area contributed by atoms with Crippen molar-refractivity contribution in [1.29, 1.82) is 0 Å². The van der Waals surface area contributed by atoms with Gasteiger partial charge in [0.25, 0.3) is 0 Å². The zero-order valence-corrected chi connectivity index (χ0v) is 11.4. The maximum Gasteiger partial charge on any atom is 0.303 e. The van der Waals surface area contributed by atoms with Crippen LogP contribution in [-0.4, -0.2) is 30.1 Å². The van der Waals surface area contributed by atoms with Crippen molar-refractivity contribution in [3.63, 3.8) is 0 Å². The lowest BCUT2D eigenvalue weighted by Gasteiger charge is -2.10. The Hall–Kier alpha value is -2.04. The van der Waals surface area contributed by atoms with E-state index < -0.39 is 5.97 Å². The third kappa shape index (κ3) is 3.98. The van der Waals surface area contributed by atoms with Crippen LogP contribution in [0.1, 0.15) is 37.2 Å². The number of carboxylic acids is 1. The number of anilines is 1. The molecule has 0 fully saturated rings. The normalized spacial score (nSPS) is 16.3. The maximum absolute atomic E-state index is 11.9. The van der Waals surface area contributed by atoms with Gasteiger partial charge in [-0.05, 0) is 24.5 Å². The monoisotopic (exact) mass is 276 g/mol. The van der Waals surface area contributed by atoms with E-state index in [-0.39, 0.29) is 18.2 Å². The van der Waals surface area contributed by atoms with Gasteiger partial charge in [-0.3, -0.25) is 9.59 Å². The lowest BCUT2D eigenvalue weighted by atomic mass is 9.97. The number of amides is 1. The van der Waals surface area contributed by atoms with Gasteiger partial charge in [-0.2, -0.15) is 0 Å². The number of rotatable bonds is 7. The van der Waals surface area contributed by atoms with Crippen LogP contribution in [0.4, 0.5) is 5.69 Å². The van der Waals surface area contributed by atoms with E-state index in [1.165, 1.54) is 5.56 Å². The standard InChI is InChI=1S/C15H20N2O3/c18-14(16-8-4-3-7-15(19)20)9-11-10-17-13-6-2-1-5-12(11)13/h1-2,5-6,11,17H,3-4,7-10H2,(H,16,18)(H,19,20). The third-order valence-electron chi connectivity index (χ3n) is 3.51. The van der Waals surface area contributed by atoms with Crippen molar-refractivity contribution in [2.75, 3.05) is 18.4 Å². The first-order valence-corrected chi connectivity index (χ1v) is 6.98. The van der Waals surface area contributed by atoms with Crippen LogP contribution >= 0.6 is 0 Å². The summed E-state index contributed by atoms with van der Waals surface area (Å²) in [6.07, 6.45) is 1.94. The number of para-hydroxylation sites is 1. The molecule has 0 aliphatic carbocycles. The Labute approximate surface area is 118 Å². The van der Waals surface area contributed by atoms with Gasteiger partial charge in [-0.1, -0.05) is 18.2 Å². The minimum atomic E-state index is -0.787. The second kappa shape index (κ2) is 6.93. The summed E-state index contributed by atoms with van der Waals surface area (Å²) in [6, 6.07) is 8.05. The molecule has 5 heteroatoms. The highest BCUT2D eigenvalue weighted by Crippen LogP contribution is 2.32. The summed E-state index contributed by atoms with van der Waals surface area (Å²) in [7, 11) is 0. The summed E-state index contributed by atoms with van der Waals surface area (Å²) in [4.78, 5) is 22.2. The Morgan fingerprint density at radius 1 is 1.30 bits per heavy atom. The first kappa shape index (κ1) is 14.4. The van der Waals surface area contributed by atoms with Gasteiger partial charge < -0.3 is 15.7 Å². The van der Waals surface area contributed by atoms with Gasteiger partial charge in [0.1, 0.15) is 0 Å². The molecule has 1 heterocycles. The molecule has 0 saturated carbocycles. The van der Waals surface area contributed by atoms with E-state index in [1.54, 1.807) is 0 Å². The van der Waals surface area contributed by atoms with Gasteiger partial charge in [0.2, 0.25) is 5.91 Å². The molecule has 108 valence electrons. The van der Waals surface area contributed by atoms with Crippen LogP contribution < -0.4 is 10.6 Å². The van der Waals surface area contributed by atoms with Crippen molar-refractivity contribution in [2.24, 2.45) is 0 Å². The Kier molecular flexibility index (Phi) is 4.98. The van der Waals surface area contributed by atoms with Gasteiger partial charge in [-0.25, -0.2) is 0 Å². The molecule has 1 atom stereocenters. The zero-order chi connectivity index (χ0) is 14.4. The van der Waals surface area contributed by atoms with Crippen LogP contribution in [-0.2, 0) is 9.59 Å². The highest BCUT2D eigenvalue weighted by molar-refractivity contribution is 5.78. The number of carbonyl (C=O) groups is 2. The predicted octanol–water partition coefficient (Wildman–Crippen LogP) is 1.96. The Bertz CT molecular complexity index is 488. The number of carboxylic acid groups (broad SMARTS) is 1. The number of hydrogen-bond acceptors (Lipinski definition) is 3. The number of fused-ring (bicyclic) bond motifs is 1. The summed E-state index contributed by atoms with van der Waals surface area (Å²) in [5.74, 6) is -0.529. The van der Waals surface area contributed by atoms with Gasteiger partial charge in [0.15, 0.2) is 0 Å². The molecule has 1 amide bonds. The molecular formula is C15H20N2O3. The van der Waals surface area contributed by atoms with E-state index in [9.17, 15) is 9.59 Å². The van der Waals surface area contributed by atoms with Crippen LogP contribution in [0.5, 0.6) is 0 Å². The van der Waals surface area contributed by atoms with E-state index in [0.717, 1.165) is 12.2 Å². The van der Waals surface area contributed by atoms with Crippen LogP contribution in [0.15, 0.2) is 24.3 Å². The molecule has 1 aliphatic heterocycles. The van der Waals surface area contributed by atoms with Crippen molar-refractivity contribution in [3.05, 3.63) is 29.8 Å². The molecule has 1 aromatic carbocycles. The fourth-order valence-electron chi connectivity index (χ4n) is 2.46. The van der Waals surface area contributed by atoms with Gasteiger partial charge in [0, 0.05) is 37.5 Å². The average molecular weight is 276 g/mol. The van der Waals surface area contributed by atoms with Crippen LogP contribution in [0.3, 0.4) is 0 Å². The second-order valence-electron chi connectivity index (χ2n) is 5.07. The number of benzene rings is 1. The number of hydrogen-bond donors (Lipinski definition) is 3. The lowest BCUT2D eigenvalue weighted by molar-refractivity contribution is -0.137. The Morgan fingerprint density at radius 3 is 2.90 bits per heavy atom. The minimum Gasteiger partial charge on any atom is -0.481 e. The number of carbonyl (C=O) groups excluding carboxylic acids is 1. The van der Waals surface area contributed by atoms with E-state index in [2.05, 4.69) is 16.7 Å². The summed E-state index contributed by atoms with van der Waals surface area (Å²) in [5, 5.41) is 14.7. The fraction of sp³-hybridized carbons (Fsp3) is 0.467. The van der Waals surface area contributed by atoms with Crippen molar-refractivity contribution in [1.82, 2.24) is 5.32 Å². The first-order valence-electron chi connectivity index (χ1n) is 6.98. The number of aliphatic carboxylic acids is 1. The first-order chi connectivity index (χ1) is 9.66. The van der Waals surface area contributed by atoms with Crippen molar-refractivity contribution in [2.45, 2.75) is 31.6 Å². The lowest BCUT2D eigenvalue weighted by Crippen LogP contribution is -2.26. The molecule has 1 aliphatic rings. The Balaban J connectivity index is 1.69. The van der Waals surface area contributed by atoms with Crippen molar-refractivity contribution < 1.29 is 14.7 Å². The van der Waals surface area contributed by atoms with Crippen molar-refractivity contribution >= 4 is 17.6 Å². The van der Waals surface area contributed by atoms with Crippen LogP contribution in [0.25, 0.3) is 0 Å². The second-order valence-corrected chi connectivity index (χ2v) is 5.07. The quantitative estimate of drug-likeness (QED) is 0.665.